The molecule has 0 radical (unpaired) electrons. The van der Waals surface area contributed by atoms with Crippen LogP contribution < -0.4 is 0 Å². The van der Waals surface area contributed by atoms with Gasteiger partial charge in [-0.25, -0.2) is 4.39 Å². The predicted molar refractivity (Wildman–Crippen MR) is 133 cm³/mol. The second kappa shape index (κ2) is 10.6. The monoisotopic (exact) mass is 482 g/mol. The van der Waals surface area contributed by atoms with Gasteiger partial charge >= 0.3 is 0 Å². The third-order valence-electron chi connectivity index (χ3n) is 7.90. The summed E-state index contributed by atoms with van der Waals surface area (Å²) < 4.78 is 18.8. The molecule has 34 heavy (non-hydrogen) atoms. The highest BCUT2D eigenvalue weighted by Gasteiger charge is 2.27. The Morgan fingerprint density at radius 1 is 1.00 bits per heavy atom. The van der Waals surface area contributed by atoms with E-state index in [0.717, 1.165) is 67.9 Å². The van der Waals surface area contributed by atoms with Crippen LogP contribution in [-0.2, 0) is 0 Å². The van der Waals surface area contributed by atoms with Crippen LogP contribution in [0.2, 0.25) is 5.02 Å². The molecule has 0 amide bonds. The predicted octanol–water partition coefficient (Wildman–Crippen LogP) is 7.27. The lowest BCUT2D eigenvalue weighted by molar-refractivity contribution is 0.0939. The van der Waals surface area contributed by atoms with Gasteiger partial charge in [0.25, 0.3) is 0 Å². The number of benzene rings is 2. The first kappa shape index (κ1) is 23.5. The Bertz CT molecular complexity index is 1110. The molecule has 2 fully saturated rings. The molecular weight excluding hydrogens is 451 g/mol. The SMILES string of the molecule is O=C(CC1CCC(CCN2CCC(c3noc4cc(F)ccc34)CC2)CC1)c1ccc(Cl)cc1. The summed E-state index contributed by atoms with van der Waals surface area (Å²) in [5.74, 6) is 1.63. The van der Waals surface area contributed by atoms with Crippen molar-refractivity contribution in [1.82, 2.24) is 10.1 Å². The van der Waals surface area contributed by atoms with Gasteiger partial charge in [0, 0.05) is 34.4 Å². The minimum Gasteiger partial charge on any atom is -0.356 e. The fourth-order valence-corrected chi connectivity index (χ4v) is 5.89. The molecule has 1 aromatic heterocycles. The van der Waals surface area contributed by atoms with Crippen molar-refractivity contribution in [3.63, 3.8) is 0 Å². The Hall–Kier alpha value is -2.24. The first-order chi connectivity index (χ1) is 16.5. The fourth-order valence-electron chi connectivity index (χ4n) is 5.76. The lowest BCUT2D eigenvalue weighted by Crippen LogP contribution is -2.35. The average molecular weight is 483 g/mol. The summed E-state index contributed by atoms with van der Waals surface area (Å²) in [6, 6.07) is 12.0. The Kier molecular flexibility index (Phi) is 7.31. The molecule has 0 spiro atoms. The zero-order valence-electron chi connectivity index (χ0n) is 19.5. The van der Waals surface area contributed by atoms with Gasteiger partial charge in [-0.15, -0.1) is 0 Å². The minimum atomic E-state index is -0.285. The molecule has 1 aliphatic heterocycles. The molecule has 4 nitrogen and oxygen atoms in total. The van der Waals surface area contributed by atoms with Gasteiger partial charge in [0.15, 0.2) is 11.4 Å². The number of likely N-dealkylation sites (tertiary alicyclic amines) is 1. The number of piperidine rings is 1. The van der Waals surface area contributed by atoms with Crippen LogP contribution >= 0.6 is 11.6 Å². The van der Waals surface area contributed by atoms with Crippen molar-refractivity contribution < 1.29 is 13.7 Å². The van der Waals surface area contributed by atoms with E-state index in [9.17, 15) is 9.18 Å². The molecule has 2 heterocycles. The van der Waals surface area contributed by atoms with E-state index in [0.29, 0.717) is 28.9 Å². The molecule has 1 saturated carbocycles. The number of carbonyl (C=O) groups is 1. The third-order valence-corrected chi connectivity index (χ3v) is 8.15. The zero-order chi connectivity index (χ0) is 23.5. The highest BCUT2D eigenvalue weighted by molar-refractivity contribution is 6.30. The van der Waals surface area contributed by atoms with Crippen LogP contribution in [0.4, 0.5) is 4.39 Å². The minimum absolute atomic E-state index is 0.244. The molecule has 0 atom stereocenters. The van der Waals surface area contributed by atoms with Crippen LogP contribution in [-0.4, -0.2) is 35.5 Å². The van der Waals surface area contributed by atoms with Crippen molar-refractivity contribution in [3.8, 4) is 0 Å². The molecule has 1 aliphatic carbocycles. The van der Waals surface area contributed by atoms with Crippen LogP contribution in [0.25, 0.3) is 11.0 Å². The number of nitrogens with zero attached hydrogens (tertiary/aromatic N) is 2. The molecule has 180 valence electrons. The molecule has 0 N–H and O–H groups in total. The van der Waals surface area contributed by atoms with Crippen molar-refractivity contribution >= 4 is 28.4 Å². The highest BCUT2D eigenvalue weighted by Crippen LogP contribution is 2.35. The maximum absolute atomic E-state index is 13.4. The summed E-state index contributed by atoms with van der Waals surface area (Å²) in [6.45, 7) is 3.30. The number of rotatable bonds is 7. The van der Waals surface area contributed by atoms with E-state index in [2.05, 4.69) is 10.1 Å². The molecule has 0 unspecified atom stereocenters. The number of ketones is 1. The van der Waals surface area contributed by atoms with E-state index in [1.807, 2.05) is 12.1 Å². The Labute approximate surface area is 205 Å². The van der Waals surface area contributed by atoms with Crippen molar-refractivity contribution in [1.29, 1.82) is 0 Å². The Balaban J connectivity index is 1.03. The van der Waals surface area contributed by atoms with Crippen molar-refractivity contribution in [2.45, 2.75) is 57.3 Å². The molecule has 3 aromatic rings. The summed E-state index contributed by atoms with van der Waals surface area (Å²) in [4.78, 5) is 15.1. The standard InChI is InChI=1S/C28H32ClFN2O2/c29-23-7-5-21(6-8-23)26(33)17-20-3-1-19(2-4-20)11-14-32-15-12-22(13-16-32)28-25-10-9-24(30)18-27(25)34-31-28/h5-10,18-20,22H,1-4,11-17H2. The van der Waals surface area contributed by atoms with Crippen molar-refractivity contribution in [2.75, 3.05) is 19.6 Å². The van der Waals surface area contributed by atoms with Crippen LogP contribution in [0.1, 0.15) is 73.3 Å². The van der Waals surface area contributed by atoms with Gasteiger partial charge in [-0.3, -0.25) is 4.79 Å². The van der Waals surface area contributed by atoms with Crippen LogP contribution in [0.15, 0.2) is 47.0 Å². The van der Waals surface area contributed by atoms with Gasteiger partial charge in [0.05, 0.1) is 5.69 Å². The summed E-state index contributed by atoms with van der Waals surface area (Å²) >= 11 is 5.93. The molecule has 6 heteroatoms. The zero-order valence-corrected chi connectivity index (χ0v) is 20.3. The van der Waals surface area contributed by atoms with E-state index in [-0.39, 0.29) is 11.6 Å². The van der Waals surface area contributed by atoms with Gasteiger partial charge in [-0.2, -0.15) is 0 Å². The molecule has 0 bridgehead atoms. The number of fused-ring (bicyclic) bond motifs is 1. The van der Waals surface area contributed by atoms with E-state index in [4.69, 9.17) is 16.1 Å². The summed E-state index contributed by atoms with van der Waals surface area (Å²) in [5.41, 5.74) is 2.31. The first-order valence-electron chi connectivity index (χ1n) is 12.6. The van der Waals surface area contributed by atoms with Crippen LogP contribution in [0, 0.1) is 17.7 Å². The number of aromatic nitrogens is 1. The summed E-state index contributed by atoms with van der Waals surface area (Å²) in [5, 5.41) is 5.89. The maximum Gasteiger partial charge on any atom is 0.170 e. The Morgan fingerprint density at radius 3 is 2.44 bits per heavy atom. The Morgan fingerprint density at radius 2 is 1.71 bits per heavy atom. The number of hydrogen-bond acceptors (Lipinski definition) is 4. The number of hydrogen-bond donors (Lipinski definition) is 0. The van der Waals surface area contributed by atoms with Gasteiger partial charge in [0.2, 0.25) is 0 Å². The maximum atomic E-state index is 13.4. The second-order valence-electron chi connectivity index (χ2n) is 10.1. The van der Waals surface area contributed by atoms with Crippen molar-refractivity contribution in [2.24, 2.45) is 11.8 Å². The number of halogens is 2. The molecule has 2 aromatic carbocycles. The average Bonchev–Trinajstić information content (AvgIpc) is 3.27. The van der Waals surface area contributed by atoms with Crippen LogP contribution in [0.3, 0.4) is 0 Å². The van der Waals surface area contributed by atoms with Gasteiger partial charge in [-0.1, -0.05) is 29.6 Å². The van der Waals surface area contributed by atoms with E-state index < -0.39 is 0 Å². The number of carbonyl (C=O) groups excluding carboxylic acids is 1. The lowest BCUT2D eigenvalue weighted by Gasteiger charge is -2.34. The molecule has 1 saturated heterocycles. The van der Waals surface area contributed by atoms with Crippen LogP contribution in [0.5, 0.6) is 0 Å². The van der Waals surface area contributed by atoms with E-state index in [1.165, 1.54) is 31.4 Å². The quantitative estimate of drug-likeness (QED) is 0.332. The van der Waals surface area contributed by atoms with Gasteiger partial charge in [-0.05, 0) is 100.0 Å². The first-order valence-corrected chi connectivity index (χ1v) is 13.0. The van der Waals surface area contributed by atoms with E-state index >= 15 is 0 Å². The second-order valence-corrected chi connectivity index (χ2v) is 10.6. The fraction of sp³-hybridized carbons (Fsp3) is 0.500. The third kappa shape index (κ3) is 5.52. The molecular formula is C28H32ClFN2O2. The summed E-state index contributed by atoms with van der Waals surface area (Å²) in [7, 11) is 0. The van der Waals surface area contributed by atoms with Crippen molar-refractivity contribution in [3.05, 3.63) is 64.6 Å². The largest absolute Gasteiger partial charge is 0.356 e. The van der Waals surface area contributed by atoms with Gasteiger partial charge in [0.1, 0.15) is 5.82 Å². The topological polar surface area (TPSA) is 46.3 Å². The van der Waals surface area contributed by atoms with Gasteiger partial charge < -0.3 is 9.42 Å². The smallest absolute Gasteiger partial charge is 0.170 e. The highest BCUT2D eigenvalue weighted by atomic mass is 35.5. The molecule has 5 rings (SSSR count). The normalized spacial score (nSPS) is 22.3. The van der Waals surface area contributed by atoms with E-state index in [1.54, 1.807) is 18.2 Å². The molecule has 2 aliphatic rings. The number of Topliss-reactive ketones (excluding diaryl/α,β-unsaturated/α-hetero) is 1. The summed E-state index contributed by atoms with van der Waals surface area (Å²) in [6.07, 6.45) is 8.82. The lowest BCUT2D eigenvalue weighted by atomic mass is 9.78.